The Hall–Kier alpha value is -2.84. The monoisotopic (exact) mass is 427 g/mol. The number of pyridine rings is 1. The lowest BCUT2D eigenvalue weighted by Crippen LogP contribution is -2.15. The molecule has 3 heterocycles. The lowest BCUT2D eigenvalue weighted by Gasteiger charge is -2.08. The highest BCUT2D eigenvalue weighted by Crippen LogP contribution is 2.25. The van der Waals surface area contributed by atoms with Crippen molar-refractivity contribution in [2.45, 2.75) is 24.4 Å². The summed E-state index contributed by atoms with van der Waals surface area (Å²) in [5.74, 6) is 1.79. The average Bonchev–Trinajstić information content (AvgIpc) is 3.06. The number of nitrogens with zero attached hydrogens (tertiary/aromatic N) is 5. The smallest absolute Gasteiger partial charge is 0.258 e. The molecule has 0 N–H and O–H groups in total. The molecule has 7 nitrogen and oxygen atoms in total. The maximum Gasteiger partial charge on any atom is 0.258 e. The van der Waals surface area contributed by atoms with Gasteiger partial charge in [0.1, 0.15) is 18.0 Å². The summed E-state index contributed by atoms with van der Waals surface area (Å²) in [6.45, 7) is 2.19. The second kappa shape index (κ2) is 8.26. The van der Waals surface area contributed by atoms with E-state index in [4.69, 9.17) is 16.3 Å². The topological polar surface area (TPSA) is 74.3 Å². The third-order valence-electron chi connectivity index (χ3n) is 4.33. The second-order valence-electron chi connectivity index (χ2n) is 6.49. The molecular formula is C20H18ClN5O2S. The SMILES string of the molecule is Cc1ccc2nc(CSc3nnc(COc4ccccc4Cl)n3C)cc(=O)n2c1. The zero-order valence-electron chi connectivity index (χ0n) is 15.9. The van der Waals surface area contributed by atoms with Gasteiger partial charge in [-0.15, -0.1) is 10.2 Å². The van der Waals surface area contributed by atoms with E-state index in [0.29, 0.717) is 38.8 Å². The predicted octanol–water partition coefficient (Wildman–Crippen LogP) is 3.66. The molecule has 1 aromatic carbocycles. The summed E-state index contributed by atoms with van der Waals surface area (Å²) in [5.41, 5.74) is 2.24. The van der Waals surface area contributed by atoms with Crippen LogP contribution in [0.2, 0.25) is 5.02 Å². The van der Waals surface area contributed by atoms with E-state index in [1.807, 2.05) is 42.8 Å². The molecule has 9 heteroatoms. The minimum atomic E-state index is -0.0962. The zero-order valence-corrected chi connectivity index (χ0v) is 17.4. The number of fused-ring (bicyclic) bond motifs is 1. The standard InChI is InChI=1S/C20H18ClN5O2S/c1-13-7-8-17-22-14(9-19(27)26(17)10-13)12-29-20-24-23-18(25(20)2)11-28-16-6-4-3-5-15(16)21/h3-10H,11-12H2,1-2H3. The lowest BCUT2D eigenvalue weighted by molar-refractivity contribution is 0.290. The predicted molar refractivity (Wildman–Crippen MR) is 113 cm³/mol. The second-order valence-corrected chi connectivity index (χ2v) is 7.84. The number of benzene rings is 1. The Morgan fingerprint density at radius 3 is 2.83 bits per heavy atom. The van der Waals surface area contributed by atoms with Gasteiger partial charge in [0, 0.05) is 25.1 Å². The number of halogens is 1. The summed E-state index contributed by atoms with van der Waals surface area (Å²) >= 11 is 7.57. The van der Waals surface area contributed by atoms with E-state index in [0.717, 1.165) is 5.56 Å². The molecule has 0 saturated carbocycles. The van der Waals surface area contributed by atoms with E-state index in [1.165, 1.54) is 11.8 Å². The first-order valence-electron chi connectivity index (χ1n) is 8.88. The van der Waals surface area contributed by atoms with Crippen molar-refractivity contribution in [2.75, 3.05) is 0 Å². The van der Waals surface area contributed by atoms with Gasteiger partial charge in [-0.25, -0.2) is 4.98 Å². The average molecular weight is 428 g/mol. The van der Waals surface area contributed by atoms with Gasteiger partial charge in [-0.3, -0.25) is 9.20 Å². The van der Waals surface area contributed by atoms with Gasteiger partial charge in [0.2, 0.25) is 0 Å². The summed E-state index contributed by atoms with van der Waals surface area (Å²) < 4.78 is 9.14. The molecule has 0 unspecified atom stereocenters. The van der Waals surface area contributed by atoms with E-state index in [9.17, 15) is 4.79 Å². The molecule has 0 aliphatic carbocycles. The molecule has 0 atom stereocenters. The van der Waals surface area contributed by atoms with Crippen LogP contribution in [0.15, 0.2) is 58.6 Å². The third kappa shape index (κ3) is 4.28. The minimum Gasteiger partial charge on any atom is -0.484 e. The fraction of sp³-hybridized carbons (Fsp3) is 0.200. The number of rotatable bonds is 6. The number of aryl methyl sites for hydroxylation is 1. The van der Waals surface area contributed by atoms with Crippen LogP contribution in [0.4, 0.5) is 0 Å². The van der Waals surface area contributed by atoms with Crippen molar-refractivity contribution in [2.24, 2.45) is 7.05 Å². The van der Waals surface area contributed by atoms with Crippen molar-refractivity contribution >= 4 is 29.0 Å². The van der Waals surface area contributed by atoms with Gasteiger partial charge in [0.15, 0.2) is 11.0 Å². The maximum absolute atomic E-state index is 12.3. The van der Waals surface area contributed by atoms with Crippen LogP contribution in [0.1, 0.15) is 17.1 Å². The highest BCUT2D eigenvalue weighted by Gasteiger charge is 2.12. The summed E-state index contributed by atoms with van der Waals surface area (Å²) in [4.78, 5) is 16.9. The largest absolute Gasteiger partial charge is 0.484 e. The van der Waals surface area contributed by atoms with Gasteiger partial charge >= 0.3 is 0 Å². The van der Waals surface area contributed by atoms with Gasteiger partial charge in [-0.1, -0.05) is 41.6 Å². The summed E-state index contributed by atoms with van der Waals surface area (Å²) in [6, 6.07) is 12.6. The first-order valence-corrected chi connectivity index (χ1v) is 10.2. The van der Waals surface area contributed by atoms with Crippen molar-refractivity contribution in [1.29, 1.82) is 0 Å². The van der Waals surface area contributed by atoms with Crippen LogP contribution >= 0.6 is 23.4 Å². The number of thioether (sulfide) groups is 1. The molecule has 3 aromatic heterocycles. The van der Waals surface area contributed by atoms with Crippen LogP contribution in [0.25, 0.3) is 5.65 Å². The van der Waals surface area contributed by atoms with E-state index >= 15 is 0 Å². The minimum absolute atomic E-state index is 0.0962. The molecule has 4 aromatic rings. The quantitative estimate of drug-likeness (QED) is 0.437. The van der Waals surface area contributed by atoms with Crippen molar-refractivity contribution in [1.82, 2.24) is 24.1 Å². The third-order valence-corrected chi connectivity index (χ3v) is 5.69. The Morgan fingerprint density at radius 1 is 1.17 bits per heavy atom. The van der Waals surface area contributed by atoms with E-state index < -0.39 is 0 Å². The van der Waals surface area contributed by atoms with Crippen molar-refractivity contribution in [3.8, 4) is 5.75 Å². The van der Waals surface area contributed by atoms with Gasteiger partial charge < -0.3 is 9.30 Å². The van der Waals surface area contributed by atoms with Crippen molar-refractivity contribution < 1.29 is 4.74 Å². The molecular weight excluding hydrogens is 410 g/mol. The van der Waals surface area contributed by atoms with Crippen LogP contribution in [0.5, 0.6) is 5.75 Å². The Morgan fingerprint density at radius 2 is 2.00 bits per heavy atom. The van der Waals surface area contributed by atoms with Gasteiger partial charge in [0.25, 0.3) is 5.56 Å². The van der Waals surface area contributed by atoms with Crippen LogP contribution < -0.4 is 10.3 Å². The molecule has 0 saturated heterocycles. The molecule has 0 fully saturated rings. The molecule has 4 rings (SSSR count). The lowest BCUT2D eigenvalue weighted by atomic mass is 10.3. The molecule has 148 valence electrons. The Balaban J connectivity index is 1.45. The van der Waals surface area contributed by atoms with Crippen LogP contribution in [0, 0.1) is 6.92 Å². The van der Waals surface area contributed by atoms with E-state index in [2.05, 4.69) is 15.2 Å². The Bertz CT molecular complexity index is 1240. The number of aromatic nitrogens is 5. The number of hydrogen-bond donors (Lipinski definition) is 0. The van der Waals surface area contributed by atoms with E-state index in [-0.39, 0.29) is 12.2 Å². The van der Waals surface area contributed by atoms with Crippen molar-refractivity contribution in [3.63, 3.8) is 0 Å². The number of hydrogen-bond acceptors (Lipinski definition) is 6. The summed E-state index contributed by atoms with van der Waals surface area (Å²) in [6.07, 6.45) is 1.79. The molecule has 0 spiro atoms. The number of ether oxygens (including phenoxy) is 1. The van der Waals surface area contributed by atoms with Gasteiger partial charge in [-0.05, 0) is 30.7 Å². The van der Waals surface area contributed by atoms with Crippen LogP contribution in [-0.4, -0.2) is 24.1 Å². The highest BCUT2D eigenvalue weighted by atomic mass is 35.5. The van der Waals surface area contributed by atoms with E-state index in [1.54, 1.807) is 28.8 Å². The molecule has 29 heavy (non-hydrogen) atoms. The molecule has 0 aliphatic heterocycles. The Labute approximate surface area is 176 Å². The maximum atomic E-state index is 12.3. The first-order chi connectivity index (χ1) is 14.0. The number of para-hydroxylation sites is 1. The molecule has 0 radical (unpaired) electrons. The summed E-state index contributed by atoms with van der Waals surface area (Å²) in [7, 11) is 1.87. The molecule has 0 amide bonds. The fourth-order valence-electron chi connectivity index (χ4n) is 2.77. The Kier molecular flexibility index (Phi) is 5.55. The summed E-state index contributed by atoms with van der Waals surface area (Å²) in [5, 5.41) is 9.67. The molecule has 0 aliphatic rings. The van der Waals surface area contributed by atoms with Gasteiger partial charge in [-0.2, -0.15) is 0 Å². The first kappa shape index (κ1) is 19.5. The van der Waals surface area contributed by atoms with Gasteiger partial charge in [0.05, 0.1) is 10.7 Å². The molecule has 0 bridgehead atoms. The fourth-order valence-corrected chi connectivity index (χ4v) is 3.78. The van der Waals surface area contributed by atoms with Crippen molar-refractivity contribution in [3.05, 3.63) is 81.1 Å². The van der Waals surface area contributed by atoms with Crippen LogP contribution in [-0.2, 0) is 19.4 Å². The highest BCUT2D eigenvalue weighted by molar-refractivity contribution is 7.98. The normalized spacial score (nSPS) is 11.1. The zero-order chi connectivity index (χ0) is 20.4. The van der Waals surface area contributed by atoms with Crippen LogP contribution in [0.3, 0.4) is 0 Å².